The van der Waals surface area contributed by atoms with Crippen LogP contribution in [0.15, 0.2) is 23.4 Å². The number of nitrogens with zero attached hydrogens (tertiary/aromatic N) is 1. The van der Waals surface area contributed by atoms with E-state index in [1.54, 1.807) is 18.9 Å². The Morgan fingerprint density at radius 3 is 2.89 bits per heavy atom. The first-order valence-electron chi connectivity index (χ1n) is 6.61. The van der Waals surface area contributed by atoms with Crippen molar-refractivity contribution in [2.75, 3.05) is 18.6 Å². The zero-order valence-electron chi connectivity index (χ0n) is 11.2. The van der Waals surface area contributed by atoms with Gasteiger partial charge >= 0.3 is 0 Å². The number of rotatable bonds is 8. The van der Waals surface area contributed by atoms with Crippen molar-refractivity contribution in [2.24, 2.45) is 0 Å². The van der Waals surface area contributed by atoms with Gasteiger partial charge in [0.1, 0.15) is 5.75 Å². The van der Waals surface area contributed by atoms with Crippen LogP contribution in [0.1, 0.15) is 25.7 Å². The Bertz CT molecular complexity index is 513. The lowest BCUT2D eigenvalue weighted by molar-refractivity contribution is 0.415. The van der Waals surface area contributed by atoms with E-state index in [2.05, 4.69) is 22.6 Å². The number of methoxy groups -OCH3 is 1. The number of aromatic amines is 1. The van der Waals surface area contributed by atoms with Crippen molar-refractivity contribution in [1.29, 1.82) is 0 Å². The Labute approximate surface area is 123 Å². The van der Waals surface area contributed by atoms with Crippen LogP contribution in [0.25, 0.3) is 11.0 Å². The number of aromatic nitrogens is 2. The average Bonchev–Trinajstić information content (AvgIpc) is 2.84. The number of benzene rings is 1. The van der Waals surface area contributed by atoms with Gasteiger partial charge in [-0.2, -0.15) is 12.6 Å². The molecule has 2 rings (SSSR count). The zero-order valence-corrected chi connectivity index (χ0v) is 12.9. The molecule has 0 atom stereocenters. The second kappa shape index (κ2) is 7.70. The standard InChI is InChI=1S/C14H20N2OS2/c1-17-11-6-7-12-13(10-11)16-14(15-12)19-9-5-3-2-4-8-18/h6-7,10,18H,2-5,8-9H2,1H3,(H,15,16). The molecule has 1 N–H and O–H groups in total. The van der Waals surface area contributed by atoms with Crippen LogP contribution < -0.4 is 4.74 Å². The summed E-state index contributed by atoms with van der Waals surface area (Å²) in [6.07, 6.45) is 5.01. The fourth-order valence-electron chi connectivity index (χ4n) is 1.90. The number of H-pyrrole nitrogens is 1. The highest BCUT2D eigenvalue weighted by atomic mass is 32.2. The fourth-order valence-corrected chi connectivity index (χ4v) is 3.01. The van der Waals surface area contributed by atoms with Crippen LogP contribution in [0.5, 0.6) is 5.75 Å². The normalized spacial score (nSPS) is 11.1. The van der Waals surface area contributed by atoms with E-state index in [9.17, 15) is 0 Å². The van der Waals surface area contributed by atoms with Gasteiger partial charge in [-0.05, 0) is 30.7 Å². The molecule has 0 bridgehead atoms. The monoisotopic (exact) mass is 296 g/mol. The Hall–Kier alpha value is -0.810. The third-order valence-corrected chi connectivity index (χ3v) is 4.23. The topological polar surface area (TPSA) is 37.9 Å². The molecule has 19 heavy (non-hydrogen) atoms. The number of hydrogen-bond acceptors (Lipinski definition) is 4. The van der Waals surface area contributed by atoms with Gasteiger partial charge in [-0.25, -0.2) is 4.98 Å². The Morgan fingerprint density at radius 2 is 2.11 bits per heavy atom. The fraction of sp³-hybridized carbons (Fsp3) is 0.500. The maximum Gasteiger partial charge on any atom is 0.166 e. The van der Waals surface area contributed by atoms with Crippen molar-refractivity contribution in [3.8, 4) is 5.75 Å². The lowest BCUT2D eigenvalue weighted by Gasteiger charge is -1.98. The maximum atomic E-state index is 5.21. The van der Waals surface area contributed by atoms with Crippen molar-refractivity contribution >= 4 is 35.4 Å². The third-order valence-electron chi connectivity index (χ3n) is 2.96. The highest BCUT2D eigenvalue weighted by Crippen LogP contribution is 2.23. The molecule has 1 aromatic carbocycles. The van der Waals surface area contributed by atoms with Crippen LogP contribution >= 0.6 is 24.4 Å². The number of thiol groups is 1. The van der Waals surface area contributed by atoms with Crippen molar-refractivity contribution < 1.29 is 4.74 Å². The predicted octanol–water partition coefficient (Wildman–Crippen LogP) is 4.15. The summed E-state index contributed by atoms with van der Waals surface area (Å²) in [5, 5.41) is 0.998. The Morgan fingerprint density at radius 1 is 1.26 bits per heavy atom. The van der Waals surface area contributed by atoms with Crippen molar-refractivity contribution in [2.45, 2.75) is 30.8 Å². The molecule has 1 heterocycles. The van der Waals surface area contributed by atoms with Gasteiger partial charge in [0.05, 0.1) is 18.1 Å². The van der Waals surface area contributed by atoms with E-state index in [0.717, 1.165) is 33.4 Å². The SMILES string of the molecule is COc1ccc2nc(SCCCCCCS)[nH]c2c1. The number of nitrogens with one attached hydrogen (secondary N) is 1. The Balaban J connectivity index is 1.84. The average molecular weight is 296 g/mol. The van der Waals surface area contributed by atoms with E-state index in [1.165, 1.54) is 25.7 Å². The van der Waals surface area contributed by atoms with Gasteiger partial charge < -0.3 is 9.72 Å². The molecule has 5 heteroatoms. The van der Waals surface area contributed by atoms with Gasteiger partial charge in [-0.3, -0.25) is 0 Å². The number of thioether (sulfide) groups is 1. The smallest absolute Gasteiger partial charge is 0.166 e. The minimum atomic E-state index is 0.861. The van der Waals surface area contributed by atoms with Gasteiger partial charge in [-0.1, -0.05) is 24.6 Å². The highest BCUT2D eigenvalue weighted by molar-refractivity contribution is 7.99. The second-order valence-electron chi connectivity index (χ2n) is 4.41. The summed E-state index contributed by atoms with van der Waals surface area (Å²) in [4.78, 5) is 7.89. The van der Waals surface area contributed by atoms with Crippen LogP contribution in [0.3, 0.4) is 0 Å². The highest BCUT2D eigenvalue weighted by Gasteiger charge is 2.04. The van der Waals surface area contributed by atoms with E-state index < -0.39 is 0 Å². The van der Waals surface area contributed by atoms with Crippen molar-refractivity contribution in [1.82, 2.24) is 9.97 Å². The molecule has 0 aliphatic carbocycles. The predicted molar refractivity (Wildman–Crippen MR) is 85.7 cm³/mol. The van der Waals surface area contributed by atoms with Crippen molar-refractivity contribution in [3.05, 3.63) is 18.2 Å². The number of hydrogen-bond donors (Lipinski definition) is 2. The Kier molecular flexibility index (Phi) is 5.92. The molecule has 0 aliphatic rings. The lowest BCUT2D eigenvalue weighted by atomic mass is 10.2. The summed E-state index contributed by atoms with van der Waals surface area (Å²) in [7, 11) is 1.68. The van der Waals surface area contributed by atoms with Crippen LogP contribution in [0.2, 0.25) is 0 Å². The molecule has 0 radical (unpaired) electrons. The van der Waals surface area contributed by atoms with Gasteiger partial charge in [0.25, 0.3) is 0 Å². The number of ether oxygens (including phenoxy) is 1. The molecule has 0 saturated carbocycles. The molecule has 2 aromatic rings. The molecule has 0 spiro atoms. The molecule has 0 aliphatic heterocycles. The number of unbranched alkanes of at least 4 members (excludes halogenated alkanes) is 3. The summed E-state index contributed by atoms with van der Waals surface area (Å²) in [6, 6.07) is 5.91. The number of fused-ring (bicyclic) bond motifs is 1. The molecule has 0 fully saturated rings. The maximum absolute atomic E-state index is 5.21. The molecule has 0 unspecified atom stereocenters. The van der Waals surface area contributed by atoms with Gasteiger partial charge in [-0.15, -0.1) is 0 Å². The van der Waals surface area contributed by atoms with E-state index >= 15 is 0 Å². The first kappa shape index (κ1) is 14.6. The molecule has 3 nitrogen and oxygen atoms in total. The van der Waals surface area contributed by atoms with Crippen LogP contribution in [0, 0.1) is 0 Å². The summed E-state index contributed by atoms with van der Waals surface area (Å²) in [6.45, 7) is 0. The molecular weight excluding hydrogens is 276 g/mol. The molecular formula is C14H20N2OS2. The molecule has 0 amide bonds. The van der Waals surface area contributed by atoms with Gasteiger partial charge in [0, 0.05) is 11.8 Å². The minimum Gasteiger partial charge on any atom is -0.497 e. The largest absolute Gasteiger partial charge is 0.497 e. The molecule has 104 valence electrons. The summed E-state index contributed by atoms with van der Waals surface area (Å²) in [5.74, 6) is 2.97. The van der Waals surface area contributed by atoms with E-state index in [4.69, 9.17) is 4.74 Å². The van der Waals surface area contributed by atoms with E-state index in [-0.39, 0.29) is 0 Å². The summed E-state index contributed by atoms with van der Waals surface area (Å²) < 4.78 is 5.21. The van der Waals surface area contributed by atoms with E-state index in [0.29, 0.717) is 0 Å². The van der Waals surface area contributed by atoms with Crippen LogP contribution in [0.4, 0.5) is 0 Å². The lowest BCUT2D eigenvalue weighted by Crippen LogP contribution is -1.84. The zero-order chi connectivity index (χ0) is 13.5. The third kappa shape index (κ3) is 4.35. The van der Waals surface area contributed by atoms with Gasteiger partial charge in [0.15, 0.2) is 5.16 Å². The molecule has 1 aromatic heterocycles. The first-order chi connectivity index (χ1) is 9.33. The quantitative estimate of drug-likeness (QED) is 0.436. The van der Waals surface area contributed by atoms with E-state index in [1.807, 2.05) is 18.2 Å². The second-order valence-corrected chi connectivity index (χ2v) is 5.94. The van der Waals surface area contributed by atoms with Crippen molar-refractivity contribution in [3.63, 3.8) is 0 Å². The van der Waals surface area contributed by atoms with Crippen LogP contribution in [-0.4, -0.2) is 28.6 Å². The van der Waals surface area contributed by atoms with Crippen LogP contribution in [-0.2, 0) is 0 Å². The summed E-state index contributed by atoms with van der Waals surface area (Å²) >= 11 is 6.01. The molecule has 0 saturated heterocycles. The number of imidazole rings is 1. The summed E-state index contributed by atoms with van der Waals surface area (Å²) in [5.41, 5.74) is 2.04. The first-order valence-corrected chi connectivity index (χ1v) is 8.22. The van der Waals surface area contributed by atoms with Gasteiger partial charge in [0.2, 0.25) is 0 Å². The minimum absolute atomic E-state index is 0.861.